The number of amides is 1. The summed E-state index contributed by atoms with van der Waals surface area (Å²) in [6.07, 6.45) is 6.81. The molecule has 1 amide bonds. The van der Waals surface area contributed by atoms with Gasteiger partial charge in [-0.3, -0.25) is 4.90 Å². The number of hydrogen-bond donors (Lipinski definition) is 1. The summed E-state index contributed by atoms with van der Waals surface area (Å²) in [5, 5.41) is 0.946. The molecule has 2 aromatic heterocycles. The maximum absolute atomic E-state index is 12.5. The normalized spacial score (nSPS) is 23.6. The second-order valence-corrected chi connectivity index (χ2v) is 9.94. The first kappa shape index (κ1) is 20.9. The number of carbonyl (C=O) groups is 1. The molecule has 2 aromatic rings. The van der Waals surface area contributed by atoms with Gasteiger partial charge in [0, 0.05) is 37.8 Å². The average molecular weight is 415 g/mol. The van der Waals surface area contributed by atoms with Crippen LogP contribution in [0, 0.1) is 12.3 Å². The molecule has 2 aliphatic heterocycles. The van der Waals surface area contributed by atoms with Crippen molar-refractivity contribution in [2.24, 2.45) is 5.41 Å². The number of rotatable bonds is 3. The Labute approximate surface area is 178 Å². The summed E-state index contributed by atoms with van der Waals surface area (Å²) in [7, 11) is 0. The third-order valence-corrected chi connectivity index (χ3v) is 6.49. The third kappa shape index (κ3) is 3.73. The van der Waals surface area contributed by atoms with Crippen molar-refractivity contribution < 1.29 is 9.53 Å². The van der Waals surface area contributed by atoms with Crippen molar-refractivity contribution >= 4 is 22.9 Å². The van der Waals surface area contributed by atoms with Gasteiger partial charge in [-0.1, -0.05) is 6.92 Å². The zero-order valence-electron chi connectivity index (χ0n) is 18.8. The minimum Gasteiger partial charge on any atom is -0.444 e. The molecule has 2 atom stereocenters. The van der Waals surface area contributed by atoms with Gasteiger partial charge >= 0.3 is 6.09 Å². The zero-order valence-corrected chi connectivity index (χ0v) is 18.8. The summed E-state index contributed by atoms with van der Waals surface area (Å²) in [6, 6.07) is 0. The second-order valence-electron chi connectivity index (χ2n) is 9.94. The number of ether oxygens (including phenoxy) is 1. The number of aromatic nitrogens is 3. The predicted octanol–water partition coefficient (Wildman–Crippen LogP) is 3.56. The SMILES string of the molecule is CCC(N1CCC2(CCN(C(=O)OC(C)(C)C)C2)C1)n1cc(C)c2c(N)ncnc21. The van der Waals surface area contributed by atoms with Crippen LogP contribution in [-0.2, 0) is 4.74 Å². The fraction of sp³-hybridized carbons (Fsp3) is 0.682. The summed E-state index contributed by atoms with van der Waals surface area (Å²) in [4.78, 5) is 25.7. The minimum absolute atomic E-state index is 0.149. The van der Waals surface area contributed by atoms with E-state index < -0.39 is 5.60 Å². The molecule has 1 spiro atoms. The standard InChI is InChI=1S/C22H34N6O2/c1-6-16(28-11-15(2)17-18(23)24-14-25-19(17)28)26-9-7-22(12-26)8-10-27(13-22)20(29)30-21(3,4)5/h11,14,16H,6-10,12-13H2,1-5H3,(H2,23,24,25). The molecule has 2 fully saturated rings. The lowest BCUT2D eigenvalue weighted by atomic mass is 9.86. The van der Waals surface area contributed by atoms with Crippen molar-refractivity contribution in [3.8, 4) is 0 Å². The number of carbonyl (C=O) groups excluding carboxylic acids is 1. The molecule has 164 valence electrons. The fourth-order valence-corrected chi connectivity index (χ4v) is 5.13. The van der Waals surface area contributed by atoms with Crippen molar-refractivity contribution in [2.75, 3.05) is 31.9 Å². The molecule has 2 N–H and O–H groups in total. The Hall–Kier alpha value is -2.35. The number of fused-ring (bicyclic) bond motifs is 1. The van der Waals surface area contributed by atoms with Gasteiger partial charge in [0.05, 0.1) is 11.6 Å². The van der Waals surface area contributed by atoms with Gasteiger partial charge in [0.25, 0.3) is 0 Å². The van der Waals surface area contributed by atoms with Gasteiger partial charge < -0.3 is 19.9 Å². The fourth-order valence-electron chi connectivity index (χ4n) is 5.13. The van der Waals surface area contributed by atoms with Crippen LogP contribution in [-0.4, -0.2) is 62.2 Å². The number of likely N-dealkylation sites (tertiary alicyclic amines) is 2. The van der Waals surface area contributed by atoms with E-state index in [1.165, 1.54) is 0 Å². The monoisotopic (exact) mass is 414 g/mol. The topological polar surface area (TPSA) is 89.5 Å². The summed E-state index contributed by atoms with van der Waals surface area (Å²) < 4.78 is 7.85. The van der Waals surface area contributed by atoms with Crippen molar-refractivity contribution in [1.82, 2.24) is 24.3 Å². The Morgan fingerprint density at radius 2 is 2.00 bits per heavy atom. The van der Waals surface area contributed by atoms with Crippen molar-refractivity contribution in [1.29, 1.82) is 0 Å². The van der Waals surface area contributed by atoms with Gasteiger partial charge in [0.2, 0.25) is 0 Å². The number of anilines is 1. The highest BCUT2D eigenvalue weighted by Crippen LogP contribution is 2.43. The molecule has 4 heterocycles. The van der Waals surface area contributed by atoms with E-state index in [2.05, 4.69) is 39.5 Å². The molecular formula is C22H34N6O2. The Morgan fingerprint density at radius 1 is 1.27 bits per heavy atom. The maximum Gasteiger partial charge on any atom is 0.410 e. The molecule has 0 aliphatic carbocycles. The highest BCUT2D eigenvalue weighted by atomic mass is 16.6. The largest absolute Gasteiger partial charge is 0.444 e. The Bertz CT molecular complexity index is 949. The van der Waals surface area contributed by atoms with Crippen LogP contribution in [0.25, 0.3) is 11.0 Å². The summed E-state index contributed by atoms with van der Waals surface area (Å²) >= 11 is 0. The summed E-state index contributed by atoms with van der Waals surface area (Å²) in [5.41, 5.74) is 7.81. The van der Waals surface area contributed by atoms with E-state index in [4.69, 9.17) is 10.5 Å². The van der Waals surface area contributed by atoms with Crippen LogP contribution in [0.5, 0.6) is 0 Å². The second kappa shape index (κ2) is 7.41. The van der Waals surface area contributed by atoms with Gasteiger partial charge in [-0.15, -0.1) is 0 Å². The molecular weight excluding hydrogens is 380 g/mol. The quantitative estimate of drug-likeness (QED) is 0.826. The predicted molar refractivity (Wildman–Crippen MR) is 117 cm³/mol. The van der Waals surface area contributed by atoms with Crippen LogP contribution in [0.4, 0.5) is 10.6 Å². The van der Waals surface area contributed by atoms with E-state index in [1.54, 1.807) is 6.33 Å². The van der Waals surface area contributed by atoms with Crippen LogP contribution < -0.4 is 5.73 Å². The maximum atomic E-state index is 12.5. The van der Waals surface area contributed by atoms with E-state index in [0.29, 0.717) is 5.82 Å². The summed E-state index contributed by atoms with van der Waals surface area (Å²) in [5.74, 6) is 0.535. The third-order valence-electron chi connectivity index (χ3n) is 6.49. The first-order chi connectivity index (χ1) is 14.1. The van der Waals surface area contributed by atoms with Gasteiger partial charge in [-0.2, -0.15) is 0 Å². The van der Waals surface area contributed by atoms with Crippen molar-refractivity contribution in [3.63, 3.8) is 0 Å². The summed E-state index contributed by atoms with van der Waals surface area (Å²) in [6.45, 7) is 13.6. The molecule has 0 radical (unpaired) electrons. The van der Waals surface area contributed by atoms with Crippen molar-refractivity contribution in [3.05, 3.63) is 18.1 Å². The van der Waals surface area contributed by atoms with Crippen LogP contribution in [0.3, 0.4) is 0 Å². The highest BCUT2D eigenvalue weighted by Gasteiger charge is 2.47. The van der Waals surface area contributed by atoms with Gasteiger partial charge in [-0.05, 0) is 52.5 Å². The van der Waals surface area contributed by atoms with Gasteiger partial charge in [-0.25, -0.2) is 14.8 Å². The number of nitrogens with zero attached hydrogens (tertiary/aromatic N) is 5. The van der Waals surface area contributed by atoms with Gasteiger partial charge in [0.15, 0.2) is 0 Å². The number of nitrogens with two attached hydrogens (primary N) is 1. The first-order valence-electron chi connectivity index (χ1n) is 10.9. The smallest absolute Gasteiger partial charge is 0.410 e. The van der Waals surface area contributed by atoms with E-state index in [1.807, 2.05) is 25.7 Å². The molecule has 2 aliphatic rings. The van der Waals surface area contributed by atoms with Crippen LogP contribution in [0.15, 0.2) is 12.5 Å². The molecule has 8 heteroatoms. The number of aryl methyl sites for hydroxylation is 1. The van der Waals surface area contributed by atoms with E-state index >= 15 is 0 Å². The van der Waals surface area contributed by atoms with Crippen LogP contribution in [0.1, 0.15) is 58.7 Å². The van der Waals surface area contributed by atoms with Gasteiger partial charge in [0.1, 0.15) is 23.4 Å². The van der Waals surface area contributed by atoms with Crippen LogP contribution >= 0.6 is 0 Å². The van der Waals surface area contributed by atoms with E-state index in [-0.39, 0.29) is 17.7 Å². The highest BCUT2D eigenvalue weighted by molar-refractivity contribution is 5.89. The molecule has 30 heavy (non-hydrogen) atoms. The van der Waals surface area contributed by atoms with E-state index in [0.717, 1.165) is 62.0 Å². The molecule has 0 saturated carbocycles. The zero-order chi connectivity index (χ0) is 21.7. The lowest BCUT2D eigenvalue weighted by molar-refractivity contribution is 0.0272. The number of hydrogen-bond acceptors (Lipinski definition) is 6. The minimum atomic E-state index is -0.459. The lowest BCUT2D eigenvalue weighted by Gasteiger charge is -2.31. The Morgan fingerprint density at radius 3 is 2.70 bits per heavy atom. The number of nitrogen functional groups attached to an aromatic ring is 1. The molecule has 8 nitrogen and oxygen atoms in total. The first-order valence-corrected chi connectivity index (χ1v) is 10.9. The molecule has 4 rings (SSSR count). The lowest BCUT2D eigenvalue weighted by Crippen LogP contribution is -2.38. The van der Waals surface area contributed by atoms with Crippen LogP contribution in [0.2, 0.25) is 0 Å². The Kier molecular flexibility index (Phi) is 5.16. The van der Waals surface area contributed by atoms with Crippen molar-refractivity contribution in [2.45, 2.75) is 65.6 Å². The molecule has 0 bridgehead atoms. The molecule has 2 saturated heterocycles. The van der Waals surface area contributed by atoms with E-state index in [9.17, 15) is 4.79 Å². The molecule has 0 aromatic carbocycles. The molecule has 2 unspecified atom stereocenters. The average Bonchev–Trinajstić information content (AvgIpc) is 3.35. The Balaban J connectivity index is 1.52.